The molecular weight excluding hydrogens is 308 g/mol. The van der Waals surface area contributed by atoms with Crippen LogP contribution in [-0.4, -0.2) is 44.5 Å². The molecule has 19 heavy (non-hydrogen) atoms. The normalized spacial score (nSPS) is 13.2. The second-order valence-corrected chi connectivity index (χ2v) is 7.81. The quantitative estimate of drug-likeness (QED) is 0.762. The van der Waals surface area contributed by atoms with Crippen LogP contribution in [0.2, 0.25) is 0 Å². The Morgan fingerprint density at radius 3 is 2.89 bits per heavy atom. The smallest absolute Gasteiger partial charge is 0.358 e. The number of rotatable bonds is 7. The Balaban J connectivity index is 2.78. The first-order valence-corrected chi connectivity index (χ1v) is 9.11. The van der Waals surface area contributed by atoms with E-state index in [2.05, 4.69) is 14.4 Å². The lowest BCUT2D eigenvalue weighted by molar-refractivity contribution is 0.0590. The third kappa shape index (κ3) is 4.44. The van der Waals surface area contributed by atoms with Crippen LogP contribution >= 0.6 is 23.1 Å². The molecule has 0 saturated heterocycles. The fourth-order valence-corrected chi connectivity index (χ4v) is 3.81. The molecule has 1 heterocycles. The van der Waals surface area contributed by atoms with Crippen LogP contribution in [0.4, 0.5) is 0 Å². The third-order valence-corrected chi connectivity index (χ3v) is 6.27. The molecule has 108 valence electrons. The Labute approximate surface area is 121 Å². The van der Waals surface area contributed by atoms with Crippen LogP contribution in [0.1, 0.15) is 23.8 Å². The zero-order valence-electron chi connectivity index (χ0n) is 10.9. The summed E-state index contributed by atoms with van der Waals surface area (Å²) in [7, 11) is -2.52. The Morgan fingerprint density at radius 2 is 2.32 bits per heavy atom. The van der Waals surface area contributed by atoms with Gasteiger partial charge in [-0.25, -0.2) is 22.9 Å². The summed E-state index contributed by atoms with van der Waals surface area (Å²) in [5, 5.41) is 0.365. The van der Waals surface area contributed by atoms with E-state index in [-0.39, 0.29) is 9.90 Å². The highest BCUT2D eigenvalue weighted by Crippen LogP contribution is 2.20. The van der Waals surface area contributed by atoms with Crippen LogP contribution in [0, 0.1) is 0 Å². The van der Waals surface area contributed by atoms with Gasteiger partial charge in [-0.2, -0.15) is 11.8 Å². The third-order valence-electron chi connectivity index (χ3n) is 2.40. The van der Waals surface area contributed by atoms with E-state index in [1.807, 2.05) is 13.2 Å². The molecule has 6 nitrogen and oxygen atoms in total. The van der Waals surface area contributed by atoms with Crippen molar-refractivity contribution in [1.29, 1.82) is 0 Å². The number of methoxy groups -OCH3 is 1. The van der Waals surface area contributed by atoms with Crippen molar-refractivity contribution < 1.29 is 17.9 Å². The summed E-state index contributed by atoms with van der Waals surface area (Å²) in [5.41, 5.74) is 1.14. The average molecular weight is 324 g/mol. The van der Waals surface area contributed by atoms with Crippen molar-refractivity contribution in [2.75, 3.05) is 19.9 Å². The average Bonchev–Trinajstić information content (AvgIpc) is 2.87. The second kappa shape index (κ2) is 7.22. The summed E-state index contributed by atoms with van der Waals surface area (Å²) in [5.74, 6) is -0.751. The Hall–Kier alpha value is -0.640. The van der Waals surface area contributed by atoms with E-state index in [9.17, 15) is 13.2 Å². The molecule has 1 aromatic heterocycles. The molecule has 0 aliphatic rings. The Bertz CT molecular complexity index is 527. The van der Waals surface area contributed by atoms with E-state index in [4.69, 9.17) is 0 Å². The molecular formula is C10H16N2O4S3. The molecule has 0 fully saturated rings. The number of carbonyl (C=O) groups is 1. The summed E-state index contributed by atoms with van der Waals surface area (Å²) >= 11 is 2.56. The molecule has 1 unspecified atom stereocenters. The zero-order chi connectivity index (χ0) is 14.5. The van der Waals surface area contributed by atoms with Crippen LogP contribution < -0.4 is 4.72 Å². The molecule has 1 atom stereocenters. The van der Waals surface area contributed by atoms with E-state index < -0.39 is 16.0 Å². The SMILES string of the molecule is COC(=O)c1ncsc1S(=O)(=O)NCCC(C)SC. The number of nitrogens with one attached hydrogen (secondary N) is 1. The first-order chi connectivity index (χ1) is 8.92. The summed E-state index contributed by atoms with van der Waals surface area (Å²) in [6.45, 7) is 2.34. The first kappa shape index (κ1) is 16.4. The standard InChI is InChI=1S/C10H16N2O4S3/c1-7(17-3)4-5-12-19(14,15)10-8(9(13)16-2)11-6-18-10/h6-7,12H,4-5H2,1-3H3. The monoisotopic (exact) mass is 324 g/mol. The van der Waals surface area contributed by atoms with Gasteiger partial charge in [0.25, 0.3) is 10.0 Å². The van der Waals surface area contributed by atoms with Gasteiger partial charge in [0.2, 0.25) is 0 Å². The lowest BCUT2D eigenvalue weighted by Crippen LogP contribution is -2.27. The molecule has 0 radical (unpaired) electrons. The van der Waals surface area contributed by atoms with Gasteiger partial charge in [0.15, 0.2) is 9.90 Å². The van der Waals surface area contributed by atoms with Gasteiger partial charge in [0, 0.05) is 11.8 Å². The summed E-state index contributed by atoms with van der Waals surface area (Å²) in [6.07, 6.45) is 2.68. The van der Waals surface area contributed by atoms with E-state index >= 15 is 0 Å². The van der Waals surface area contributed by atoms with Crippen LogP contribution in [0.5, 0.6) is 0 Å². The summed E-state index contributed by atoms with van der Waals surface area (Å²) < 4.78 is 31.0. The molecule has 0 aliphatic heterocycles. The lowest BCUT2D eigenvalue weighted by atomic mass is 10.3. The minimum atomic E-state index is -3.71. The highest BCUT2D eigenvalue weighted by Gasteiger charge is 2.26. The molecule has 0 bridgehead atoms. The molecule has 1 N–H and O–H groups in total. The van der Waals surface area contributed by atoms with Crippen molar-refractivity contribution in [2.24, 2.45) is 0 Å². The number of ether oxygens (including phenoxy) is 1. The number of esters is 1. The van der Waals surface area contributed by atoms with Crippen LogP contribution in [0.25, 0.3) is 0 Å². The van der Waals surface area contributed by atoms with Gasteiger partial charge in [-0.05, 0) is 12.7 Å². The minimum Gasteiger partial charge on any atom is -0.464 e. The van der Waals surface area contributed by atoms with E-state index in [1.54, 1.807) is 11.8 Å². The maximum absolute atomic E-state index is 12.0. The van der Waals surface area contributed by atoms with E-state index in [1.165, 1.54) is 12.6 Å². The Morgan fingerprint density at radius 1 is 1.63 bits per heavy atom. The number of hydrogen-bond donors (Lipinski definition) is 1. The maximum atomic E-state index is 12.0. The molecule has 0 saturated carbocycles. The lowest BCUT2D eigenvalue weighted by Gasteiger charge is -2.09. The highest BCUT2D eigenvalue weighted by molar-refractivity contribution is 7.99. The maximum Gasteiger partial charge on any atom is 0.358 e. The number of hydrogen-bond acceptors (Lipinski definition) is 7. The van der Waals surface area contributed by atoms with Crippen LogP contribution in [0.15, 0.2) is 9.72 Å². The Kier molecular flexibility index (Phi) is 6.24. The number of carbonyl (C=O) groups excluding carboxylic acids is 1. The van der Waals surface area contributed by atoms with Gasteiger partial charge < -0.3 is 4.74 Å². The van der Waals surface area contributed by atoms with Crippen molar-refractivity contribution in [3.05, 3.63) is 11.2 Å². The molecule has 0 aromatic carbocycles. The molecule has 0 spiro atoms. The van der Waals surface area contributed by atoms with Crippen molar-refractivity contribution in [3.8, 4) is 0 Å². The number of sulfonamides is 1. The van der Waals surface area contributed by atoms with E-state index in [0.717, 1.165) is 11.3 Å². The van der Waals surface area contributed by atoms with Gasteiger partial charge >= 0.3 is 5.97 Å². The van der Waals surface area contributed by atoms with Gasteiger partial charge in [-0.15, -0.1) is 11.3 Å². The van der Waals surface area contributed by atoms with E-state index in [0.29, 0.717) is 18.2 Å². The zero-order valence-corrected chi connectivity index (χ0v) is 13.3. The summed E-state index contributed by atoms with van der Waals surface area (Å²) in [6, 6.07) is 0. The molecule has 1 rings (SSSR count). The van der Waals surface area contributed by atoms with Gasteiger partial charge in [0.1, 0.15) is 0 Å². The fraction of sp³-hybridized carbons (Fsp3) is 0.600. The van der Waals surface area contributed by atoms with Crippen molar-refractivity contribution >= 4 is 39.1 Å². The van der Waals surface area contributed by atoms with Crippen molar-refractivity contribution in [3.63, 3.8) is 0 Å². The second-order valence-electron chi connectivity index (χ2n) is 3.71. The first-order valence-electron chi connectivity index (χ1n) is 5.46. The number of thioether (sulfide) groups is 1. The summed E-state index contributed by atoms with van der Waals surface area (Å²) in [4.78, 5) is 15.1. The predicted molar refractivity (Wildman–Crippen MR) is 76.2 cm³/mol. The van der Waals surface area contributed by atoms with Crippen LogP contribution in [-0.2, 0) is 14.8 Å². The van der Waals surface area contributed by atoms with Gasteiger partial charge in [0.05, 0.1) is 12.6 Å². The number of nitrogens with zero attached hydrogens (tertiary/aromatic N) is 1. The molecule has 0 amide bonds. The number of aromatic nitrogens is 1. The van der Waals surface area contributed by atoms with Crippen LogP contribution in [0.3, 0.4) is 0 Å². The predicted octanol–water partition coefficient (Wildman–Crippen LogP) is 1.35. The molecule has 9 heteroatoms. The largest absolute Gasteiger partial charge is 0.464 e. The highest BCUT2D eigenvalue weighted by atomic mass is 32.2. The van der Waals surface area contributed by atoms with Gasteiger partial charge in [-0.3, -0.25) is 0 Å². The fourth-order valence-electron chi connectivity index (χ4n) is 1.24. The van der Waals surface area contributed by atoms with Gasteiger partial charge in [-0.1, -0.05) is 6.92 Å². The van der Waals surface area contributed by atoms with Crippen molar-refractivity contribution in [2.45, 2.75) is 22.8 Å². The molecule has 0 aliphatic carbocycles. The number of thiazole rings is 1. The molecule has 1 aromatic rings. The van der Waals surface area contributed by atoms with Crippen molar-refractivity contribution in [1.82, 2.24) is 9.71 Å². The minimum absolute atomic E-state index is 0.101. The topological polar surface area (TPSA) is 85.4 Å².